The van der Waals surface area contributed by atoms with Crippen LogP contribution in [0.25, 0.3) is 0 Å². The summed E-state index contributed by atoms with van der Waals surface area (Å²) in [4.78, 5) is 3.31. The largest absolute Gasteiger partial charge is 0.396 e. The Kier molecular flexibility index (Phi) is 1.76. The maximum Gasteiger partial charge on any atom is 0.229 e. The van der Waals surface area contributed by atoms with Crippen LogP contribution in [0, 0.1) is 5.95 Å². The minimum Gasteiger partial charge on any atom is -0.396 e. The zero-order valence-corrected chi connectivity index (χ0v) is 6.52. The summed E-state index contributed by atoms with van der Waals surface area (Å²) in [5.41, 5.74) is 10.8. The number of aromatic nitrogens is 1. The number of halogens is 2. The summed E-state index contributed by atoms with van der Waals surface area (Å²) in [6, 6.07) is 1.37. The van der Waals surface area contributed by atoms with Crippen molar-refractivity contribution >= 4 is 27.4 Å². The summed E-state index contributed by atoms with van der Waals surface area (Å²) in [5.74, 6) is -0.632. The van der Waals surface area contributed by atoms with Crippen LogP contribution < -0.4 is 11.5 Å². The molecule has 0 radical (unpaired) electrons. The van der Waals surface area contributed by atoms with Gasteiger partial charge in [0.1, 0.15) is 5.82 Å². The molecule has 0 bridgehead atoms. The molecule has 0 fully saturated rings. The number of nitrogen functional groups attached to an aromatic ring is 2. The van der Waals surface area contributed by atoms with Crippen LogP contribution in [0.5, 0.6) is 0 Å². The average Bonchev–Trinajstić information content (AvgIpc) is 1.84. The molecule has 54 valence electrons. The molecule has 5 heteroatoms. The third kappa shape index (κ3) is 1.18. The normalized spacial score (nSPS) is 9.80. The monoisotopic (exact) mass is 205 g/mol. The van der Waals surface area contributed by atoms with Gasteiger partial charge in [0, 0.05) is 0 Å². The van der Waals surface area contributed by atoms with Crippen LogP contribution in [0.15, 0.2) is 10.5 Å². The van der Waals surface area contributed by atoms with E-state index in [-0.39, 0.29) is 16.0 Å². The van der Waals surface area contributed by atoms with Crippen molar-refractivity contribution < 1.29 is 4.39 Å². The highest BCUT2D eigenvalue weighted by Gasteiger charge is 2.03. The van der Waals surface area contributed by atoms with Crippen LogP contribution in [0.4, 0.5) is 15.9 Å². The molecule has 1 heterocycles. The molecule has 1 aromatic rings. The van der Waals surface area contributed by atoms with Crippen LogP contribution in [-0.2, 0) is 0 Å². The molecule has 0 atom stereocenters. The van der Waals surface area contributed by atoms with Crippen molar-refractivity contribution in [3.63, 3.8) is 0 Å². The summed E-state index contributed by atoms with van der Waals surface area (Å²) < 4.78 is 12.7. The van der Waals surface area contributed by atoms with Crippen LogP contribution in [0.3, 0.4) is 0 Å². The molecule has 0 spiro atoms. The highest BCUT2D eigenvalue weighted by Crippen LogP contribution is 2.20. The number of hydrogen-bond donors (Lipinski definition) is 2. The number of hydrogen-bond acceptors (Lipinski definition) is 3. The lowest BCUT2D eigenvalue weighted by Crippen LogP contribution is -1.99. The molecule has 0 amide bonds. The molecule has 0 aliphatic heterocycles. The van der Waals surface area contributed by atoms with E-state index in [2.05, 4.69) is 20.9 Å². The SMILES string of the molecule is Nc1cc(Br)c(F)nc1N. The zero-order valence-electron chi connectivity index (χ0n) is 4.94. The van der Waals surface area contributed by atoms with Gasteiger partial charge in [-0.2, -0.15) is 9.37 Å². The molecule has 0 aliphatic carbocycles. The van der Waals surface area contributed by atoms with Crippen molar-refractivity contribution in [1.82, 2.24) is 4.98 Å². The zero-order chi connectivity index (χ0) is 7.72. The molecule has 1 aromatic heterocycles. The number of rotatable bonds is 0. The molecule has 0 aromatic carbocycles. The van der Waals surface area contributed by atoms with Crippen molar-refractivity contribution in [3.05, 3.63) is 16.5 Å². The van der Waals surface area contributed by atoms with E-state index in [4.69, 9.17) is 11.5 Å². The Bertz CT molecular complexity index is 213. The highest BCUT2D eigenvalue weighted by molar-refractivity contribution is 9.10. The smallest absolute Gasteiger partial charge is 0.229 e. The summed E-state index contributed by atoms with van der Waals surface area (Å²) in [6.45, 7) is 0. The van der Waals surface area contributed by atoms with E-state index in [0.29, 0.717) is 0 Å². The Morgan fingerprint density at radius 1 is 1.50 bits per heavy atom. The number of nitrogens with two attached hydrogens (primary N) is 2. The van der Waals surface area contributed by atoms with Crippen molar-refractivity contribution in [2.75, 3.05) is 11.5 Å². The lowest BCUT2D eigenvalue weighted by atomic mass is 10.4. The molecule has 1 rings (SSSR count). The molecule has 4 N–H and O–H groups in total. The van der Waals surface area contributed by atoms with Gasteiger partial charge in [-0.05, 0) is 22.0 Å². The van der Waals surface area contributed by atoms with E-state index in [1.54, 1.807) is 0 Å². The Balaban J connectivity index is 3.28. The van der Waals surface area contributed by atoms with Crippen LogP contribution in [0.1, 0.15) is 0 Å². The van der Waals surface area contributed by atoms with E-state index in [1.807, 2.05) is 0 Å². The predicted octanol–water partition coefficient (Wildman–Crippen LogP) is 1.15. The maximum absolute atomic E-state index is 12.5. The summed E-state index contributed by atoms with van der Waals surface area (Å²) in [6.07, 6.45) is 0. The number of pyridine rings is 1. The van der Waals surface area contributed by atoms with Gasteiger partial charge in [-0.1, -0.05) is 0 Å². The molecular weight excluding hydrogens is 201 g/mol. The van der Waals surface area contributed by atoms with E-state index < -0.39 is 5.95 Å². The Morgan fingerprint density at radius 2 is 2.10 bits per heavy atom. The van der Waals surface area contributed by atoms with Crippen molar-refractivity contribution in [2.45, 2.75) is 0 Å². The van der Waals surface area contributed by atoms with Gasteiger partial charge >= 0.3 is 0 Å². The molecule has 0 unspecified atom stereocenters. The van der Waals surface area contributed by atoms with Crippen LogP contribution in [0.2, 0.25) is 0 Å². The summed E-state index contributed by atoms with van der Waals surface area (Å²) >= 11 is 2.91. The second-order valence-corrected chi connectivity index (χ2v) is 2.59. The highest BCUT2D eigenvalue weighted by atomic mass is 79.9. The summed E-state index contributed by atoms with van der Waals surface area (Å²) in [7, 11) is 0. The van der Waals surface area contributed by atoms with E-state index in [1.165, 1.54) is 6.07 Å². The first-order valence-electron chi connectivity index (χ1n) is 2.48. The Morgan fingerprint density at radius 3 is 2.60 bits per heavy atom. The van der Waals surface area contributed by atoms with Crippen molar-refractivity contribution in [3.8, 4) is 0 Å². The first-order valence-corrected chi connectivity index (χ1v) is 3.27. The van der Waals surface area contributed by atoms with E-state index >= 15 is 0 Å². The Labute approximate surface area is 65.4 Å². The lowest BCUT2D eigenvalue weighted by Gasteiger charge is -1.98. The molecule has 3 nitrogen and oxygen atoms in total. The number of anilines is 2. The van der Waals surface area contributed by atoms with Gasteiger partial charge in [0.15, 0.2) is 0 Å². The van der Waals surface area contributed by atoms with Crippen LogP contribution >= 0.6 is 15.9 Å². The molecule has 0 aliphatic rings. The first kappa shape index (κ1) is 7.27. The van der Waals surface area contributed by atoms with Crippen molar-refractivity contribution in [2.24, 2.45) is 0 Å². The fourth-order valence-corrected chi connectivity index (χ4v) is 0.829. The topological polar surface area (TPSA) is 64.9 Å². The minimum atomic E-state index is -0.647. The standard InChI is InChI=1S/C5H5BrFN3/c6-2-1-3(8)5(9)10-4(2)7/h1H,8H2,(H2,9,10). The van der Waals surface area contributed by atoms with Gasteiger partial charge in [0.05, 0.1) is 10.2 Å². The number of nitrogens with zero attached hydrogens (tertiary/aromatic N) is 1. The van der Waals surface area contributed by atoms with Gasteiger partial charge < -0.3 is 11.5 Å². The second-order valence-electron chi connectivity index (χ2n) is 1.74. The molecule has 0 saturated heterocycles. The van der Waals surface area contributed by atoms with Gasteiger partial charge in [-0.15, -0.1) is 0 Å². The Hall–Kier alpha value is -0.840. The van der Waals surface area contributed by atoms with E-state index in [0.717, 1.165) is 0 Å². The molecular formula is C5H5BrFN3. The minimum absolute atomic E-state index is 0.0145. The maximum atomic E-state index is 12.5. The van der Waals surface area contributed by atoms with Crippen molar-refractivity contribution in [1.29, 1.82) is 0 Å². The van der Waals surface area contributed by atoms with Gasteiger partial charge in [0.2, 0.25) is 5.95 Å². The van der Waals surface area contributed by atoms with Crippen LogP contribution in [-0.4, -0.2) is 4.98 Å². The second kappa shape index (κ2) is 2.42. The average molecular weight is 206 g/mol. The summed E-state index contributed by atoms with van der Waals surface area (Å²) in [5, 5.41) is 0. The van der Waals surface area contributed by atoms with Gasteiger partial charge in [-0.25, -0.2) is 0 Å². The lowest BCUT2D eigenvalue weighted by molar-refractivity contribution is 0.579. The molecule has 0 saturated carbocycles. The third-order valence-corrected chi connectivity index (χ3v) is 1.55. The van der Waals surface area contributed by atoms with Gasteiger partial charge in [-0.3, -0.25) is 0 Å². The fourth-order valence-electron chi connectivity index (χ4n) is 0.494. The quantitative estimate of drug-likeness (QED) is 0.625. The van der Waals surface area contributed by atoms with Gasteiger partial charge in [0.25, 0.3) is 0 Å². The molecule has 10 heavy (non-hydrogen) atoms. The van der Waals surface area contributed by atoms with E-state index in [9.17, 15) is 4.39 Å². The fraction of sp³-hybridized carbons (Fsp3) is 0. The first-order chi connectivity index (χ1) is 4.61. The third-order valence-electron chi connectivity index (χ3n) is 0.994. The predicted molar refractivity (Wildman–Crippen MR) is 40.7 cm³/mol.